The zero-order valence-electron chi connectivity index (χ0n) is 17.8. The molecule has 1 atom stereocenters. The summed E-state index contributed by atoms with van der Waals surface area (Å²) in [6, 6.07) is 11.6. The number of esters is 1. The third-order valence-electron chi connectivity index (χ3n) is 5.48. The largest absolute Gasteiger partial charge is 0.466 e. The molecule has 4 rings (SSSR count). The molecule has 3 heterocycles. The summed E-state index contributed by atoms with van der Waals surface area (Å²) in [5, 5.41) is 4.08. The van der Waals surface area contributed by atoms with Gasteiger partial charge in [0.2, 0.25) is 11.7 Å². The summed E-state index contributed by atoms with van der Waals surface area (Å²) < 4.78 is 12.4. The van der Waals surface area contributed by atoms with Gasteiger partial charge in [-0.3, -0.25) is 9.59 Å². The summed E-state index contributed by atoms with van der Waals surface area (Å²) in [6.07, 6.45) is 3.36. The Kier molecular flexibility index (Phi) is 6.16. The normalized spacial score (nSPS) is 16.3. The number of piperidine rings is 1. The van der Waals surface area contributed by atoms with E-state index < -0.39 is 0 Å². The van der Waals surface area contributed by atoms with Crippen LogP contribution in [-0.2, 0) is 20.9 Å². The third-order valence-corrected chi connectivity index (χ3v) is 5.48. The maximum atomic E-state index is 12.9. The van der Waals surface area contributed by atoms with Crippen LogP contribution < -0.4 is 0 Å². The number of carbonyl (C=O) groups is 2. The smallest absolute Gasteiger partial charge is 0.310 e. The Balaban J connectivity index is 1.46. The van der Waals surface area contributed by atoms with Gasteiger partial charge in [-0.15, -0.1) is 0 Å². The molecular weight excluding hydrogens is 396 g/mol. The van der Waals surface area contributed by atoms with E-state index in [4.69, 9.17) is 9.26 Å². The quantitative estimate of drug-likeness (QED) is 0.566. The average molecular weight is 422 g/mol. The monoisotopic (exact) mass is 422 g/mol. The first-order valence-corrected chi connectivity index (χ1v) is 10.6. The van der Waals surface area contributed by atoms with Gasteiger partial charge in [0.1, 0.15) is 12.2 Å². The van der Waals surface area contributed by atoms with Gasteiger partial charge in [-0.25, -0.2) is 0 Å². The number of nitrogens with zero attached hydrogens (tertiary/aromatic N) is 4. The summed E-state index contributed by atoms with van der Waals surface area (Å²) in [5.74, 6) is 0.328. The predicted molar refractivity (Wildman–Crippen MR) is 114 cm³/mol. The first kappa shape index (κ1) is 20.8. The molecular formula is C23H26N4O4. The number of carbonyl (C=O) groups excluding carboxylic acids is 2. The molecule has 0 radical (unpaired) electrons. The maximum absolute atomic E-state index is 12.9. The highest BCUT2D eigenvalue weighted by molar-refractivity contribution is 5.79. The van der Waals surface area contributed by atoms with Crippen molar-refractivity contribution in [2.75, 3.05) is 19.7 Å². The molecule has 0 aliphatic carbocycles. The number of aryl methyl sites for hydroxylation is 1. The Morgan fingerprint density at radius 1 is 1.23 bits per heavy atom. The van der Waals surface area contributed by atoms with E-state index in [1.165, 1.54) is 0 Å². The fourth-order valence-corrected chi connectivity index (χ4v) is 3.80. The lowest BCUT2D eigenvalue weighted by atomic mass is 9.98. The summed E-state index contributed by atoms with van der Waals surface area (Å²) in [7, 11) is 0. The molecule has 1 unspecified atom stereocenters. The van der Waals surface area contributed by atoms with Gasteiger partial charge in [-0.05, 0) is 38.8 Å². The number of rotatable bonds is 6. The molecule has 1 aromatic carbocycles. The minimum absolute atomic E-state index is 0.0512. The minimum Gasteiger partial charge on any atom is -0.466 e. The number of amides is 1. The zero-order valence-corrected chi connectivity index (χ0v) is 17.8. The molecule has 31 heavy (non-hydrogen) atoms. The van der Waals surface area contributed by atoms with E-state index in [1.807, 2.05) is 49.5 Å². The van der Waals surface area contributed by atoms with Crippen molar-refractivity contribution < 1.29 is 18.8 Å². The zero-order chi connectivity index (χ0) is 21.8. The SMILES string of the molecule is CCOC(=O)C1CCCN(C(=O)Cn2cccc2-c2nc(-c3ccc(C)cc3)no2)C1. The third kappa shape index (κ3) is 4.68. The van der Waals surface area contributed by atoms with Gasteiger partial charge in [0.05, 0.1) is 12.5 Å². The lowest BCUT2D eigenvalue weighted by Crippen LogP contribution is -2.44. The van der Waals surface area contributed by atoms with Crippen molar-refractivity contribution in [3.05, 3.63) is 48.2 Å². The van der Waals surface area contributed by atoms with E-state index in [2.05, 4.69) is 10.1 Å². The van der Waals surface area contributed by atoms with Crippen molar-refractivity contribution in [2.45, 2.75) is 33.2 Å². The molecule has 8 nitrogen and oxygen atoms in total. The summed E-state index contributed by atoms with van der Waals surface area (Å²) in [6.45, 7) is 5.34. The van der Waals surface area contributed by atoms with E-state index in [-0.39, 0.29) is 24.3 Å². The van der Waals surface area contributed by atoms with Gasteiger partial charge in [0.25, 0.3) is 5.89 Å². The lowest BCUT2D eigenvalue weighted by molar-refractivity contribution is -0.151. The molecule has 2 aromatic heterocycles. The molecule has 162 valence electrons. The Bertz CT molecular complexity index is 1050. The second-order valence-electron chi connectivity index (χ2n) is 7.74. The summed E-state index contributed by atoms with van der Waals surface area (Å²) in [5.41, 5.74) is 2.70. The van der Waals surface area contributed by atoms with Crippen LogP contribution in [0, 0.1) is 12.8 Å². The van der Waals surface area contributed by atoms with Crippen LogP contribution >= 0.6 is 0 Å². The van der Waals surface area contributed by atoms with Gasteiger partial charge in [-0.2, -0.15) is 4.98 Å². The van der Waals surface area contributed by atoms with Crippen LogP contribution in [0.5, 0.6) is 0 Å². The van der Waals surface area contributed by atoms with E-state index in [0.29, 0.717) is 37.1 Å². The van der Waals surface area contributed by atoms with Crippen LogP contribution in [0.15, 0.2) is 47.1 Å². The Morgan fingerprint density at radius 3 is 2.81 bits per heavy atom. The number of ether oxygens (including phenoxy) is 1. The minimum atomic E-state index is -0.255. The van der Waals surface area contributed by atoms with Crippen LogP contribution in [-0.4, -0.2) is 51.2 Å². The highest BCUT2D eigenvalue weighted by Crippen LogP contribution is 2.24. The predicted octanol–water partition coefficient (Wildman–Crippen LogP) is 3.32. The number of likely N-dealkylation sites (tertiary alicyclic amines) is 1. The molecule has 1 fully saturated rings. The van der Waals surface area contributed by atoms with Crippen LogP contribution in [0.1, 0.15) is 25.3 Å². The number of hydrogen-bond donors (Lipinski definition) is 0. The molecule has 1 amide bonds. The maximum Gasteiger partial charge on any atom is 0.310 e. The van der Waals surface area contributed by atoms with Gasteiger partial charge in [0, 0.05) is 24.8 Å². The van der Waals surface area contributed by atoms with Crippen LogP contribution in [0.25, 0.3) is 23.0 Å². The lowest BCUT2D eigenvalue weighted by Gasteiger charge is -2.31. The standard InChI is InChI=1S/C23H26N4O4/c1-3-30-23(29)18-6-4-13-27(14-18)20(28)15-26-12-5-7-19(26)22-24-21(25-31-22)17-10-8-16(2)9-11-17/h5,7-12,18H,3-4,6,13-15H2,1-2H3. The Labute approximate surface area is 180 Å². The number of hydrogen-bond acceptors (Lipinski definition) is 6. The average Bonchev–Trinajstić information content (AvgIpc) is 3.44. The highest BCUT2D eigenvalue weighted by Gasteiger charge is 2.29. The fourth-order valence-electron chi connectivity index (χ4n) is 3.80. The fraction of sp³-hybridized carbons (Fsp3) is 0.391. The van der Waals surface area contributed by atoms with E-state index >= 15 is 0 Å². The molecule has 1 aliphatic rings. The molecule has 0 N–H and O–H groups in total. The van der Waals surface area contributed by atoms with Crippen molar-refractivity contribution in [3.8, 4) is 23.0 Å². The summed E-state index contributed by atoms with van der Waals surface area (Å²) >= 11 is 0. The molecule has 8 heteroatoms. The van der Waals surface area contributed by atoms with Crippen molar-refractivity contribution in [1.29, 1.82) is 0 Å². The number of benzene rings is 1. The van der Waals surface area contributed by atoms with E-state index in [1.54, 1.807) is 16.4 Å². The van der Waals surface area contributed by atoms with E-state index in [0.717, 1.165) is 24.0 Å². The molecule has 0 bridgehead atoms. The van der Waals surface area contributed by atoms with Crippen LogP contribution in [0.4, 0.5) is 0 Å². The van der Waals surface area contributed by atoms with Crippen LogP contribution in [0.3, 0.4) is 0 Å². The van der Waals surface area contributed by atoms with Crippen molar-refractivity contribution in [2.24, 2.45) is 5.92 Å². The Morgan fingerprint density at radius 2 is 2.03 bits per heavy atom. The molecule has 0 spiro atoms. The van der Waals surface area contributed by atoms with Gasteiger partial charge in [0.15, 0.2) is 0 Å². The first-order valence-electron chi connectivity index (χ1n) is 10.6. The summed E-state index contributed by atoms with van der Waals surface area (Å²) in [4.78, 5) is 31.2. The van der Waals surface area contributed by atoms with Crippen molar-refractivity contribution in [3.63, 3.8) is 0 Å². The van der Waals surface area contributed by atoms with E-state index in [9.17, 15) is 9.59 Å². The van der Waals surface area contributed by atoms with Crippen LogP contribution in [0.2, 0.25) is 0 Å². The topological polar surface area (TPSA) is 90.5 Å². The van der Waals surface area contributed by atoms with Crippen molar-refractivity contribution in [1.82, 2.24) is 19.6 Å². The number of aromatic nitrogens is 3. The second-order valence-corrected chi connectivity index (χ2v) is 7.74. The highest BCUT2D eigenvalue weighted by atomic mass is 16.5. The first-order chi connectivity index (χ1) is 15.0. The molecule has 3 aromatic rings. The van der Waals surface area contributed by atoms with Gasteiger partial charge >= 0.3 is 5.97 Å². The second kappa shape index (κ2) is 9.16. The van der Waals surface area contributed by atoms with Gasteiger partial charge < -0.3 is 18.7 Å². The molecule has 1 aliphatic heterocycles. The van der Waals surface area contributed by atoms with Gasteiger partial charge in [-0.1, -0.05) is 35.0 Å². The molecule has 0 saturated carbocycles. The Hall–Kier alpha value is -3.42. The van der Waals surface area contributed by atoms with Crippen molar-refractivity contribution >= 4 is 11.9 Å². The molecule has 1 saturated heterocycles.